The molecule has 31 heavy (non-hydrogen) atoms. The maximum atomic E-state index is 14.0. The molecule has 1 aliphatic heterocycles. The van der Waals surface area contributed by atoms with E-state index >= 15 is 0 Å². The standard InChI is InChI=1S/C26H22FNO3/c1-15-6-4-7-18(12-15)23-22(24(29)19-11-10-16(2)17(3)13-19)25(30)26(31)28(23)21-9-5-8-20(27)14-21/h4-14,23,29H,1-3H3/b24-22+. The van der Waals surface area contributed by atoms with Gasteiger partial charge in [0.1, 0.15) is 11.6 Å². The van der Waals surface area contributed by atoms with Crippen molar-refractivity contribution in [3.8, 4) is 0 Å². The first-order chi connectivity index (χ1) is 14.8. The van der Waals surface area contributed by atoms with Gasteiger partial charge >= 0.3 is 0 Å². The predicted octanol–water partition coefficient (Wildman–Crippen LogP) is 5.38. The summed E-state index contributed by atoms with van der Waals surface area (Å²) in [6, 6.07) is 17.4. The number of Topliss-reactive ketones (excluding diaryl/α,β-unsaturated/α-hetero) is 1. The zero-order chi connectivity index (χ0) is 22.3. The SMILES string of the molecule is Cc1cccc(C2/C(=C(\O)c3ccc(C)c(C)c3)C(=O)C(=O)N2c2cccc(F)c2)c1. The van der Waals surface area contributed by atoms with Gasteiger partial charge in [0.25, 0.3) is 11.7 Å². The molecule has 4 nitrogen and oxygen atoms in total. The molecule has 1 aliphatic rings. The van der Waals surface area contributed by atoms with E-state index < -0.39 is 23.5 Å². The van der Waals surface area contributed by atoms with Gasteiger partial charge in [-0.2, -0.15) is 0 Å². The van der Waals surface area contributed by atoms with Crippen LogP contribution in [0.3, 0.4) is 0 Å². The Labute approximate surface area is 180 Å². The molecule has 1 atom stereocenters. The lowest BCUT2D eigenvalue weighted by Gasteiger charge is -2.25. The molecule has 1 unspecified atom stereocenters. The van der Waals surface area contributed by atoms with E-state index in [9.17, 15) is 19.1 Å². The van der Waals surface area contributed by atoms with Crippen molar-refractivity contribution in [2.24, 2.45) is 0 Å². The van der Waals surface area contributed by atoms with E-state index in [1.807, 2.05) is 45.0 Å². The minimum atomic E-state index is -0.872. The Morgan fingerprint density at radius 1 is 0.903 bits per heavy atom. The number of amides is 1. The number of aliphatic hydroxyl groups excluding tert-OH is 1. The molecule has 1 saturated heterocycles. The Hall–Kier alpha value is -3.73. The van der Waals surface area contributed by atoms with Crippen molar-refractivity contribution in [1.29, 1.82) is 0 Å². The molecular formula is C26H22FNO3. The van der Waals surface area contributed by atoms with E-state index in [2.05, 4.69) is 0 Å². The summed E-state index contributed by atoms with van der Waals surface area (Å²) in [5.74, 6) is -2.36. The lowest BCUT2D eigenvalue weighted by molar-refractivity contribution is -0.132. The lowest BCUT2D eigenvalue weighted by atomic mass is 9.93. The molecule has 4 rings (SSSR count). The highest BCUT2D eigenvalue weighted by atomic mass is 19.1. The van der Waals surface area contributed by atoms with Gasteiger partial charge in [-0.15, -0.1) is 0 Å². The Morgan fingerprint density at radius 2 is 1.65 bits per heavy atom. The van der Waals surface area contributed by atoms with Gasteiger partial charge in [-0.05, 0) is 61.7 Å². The van der Waals surface area contributed by atoms with Crippen LogP contribution >= 0.6 is 0 Å². The van der Waals surface area contributed by atoms with Gasteiger partial charge in [-0.3, -0.25) is 14.5 Å². The van der Waals surface area contributed by atoms with E-state index in [-0.39, 0.29) is 17.0 Å². The average Bonchev–Trinajstić information content (AvgIpc) is 3.00. The smallest absolute Gasteiger partial charge is 0.300 e. The van der Waals surface area contributed by atoms with Crippen molar-refractivity contribution in [3.63, 3.8) is 0 Å². The van der Waals surface area contributed by atoms with Crippen LogP contribution in [0.25, 0.3) is 5.76 Å². The van der Waals surface area contributed by atoms with Crippen LogP contribution in [0.15, 0.2) is 72.3 Å². The molecule has 1 fully saturated rings. The maximum absolute atomic E-state index is 14.0. The van der Waals surface area contributed by atoms with Gasteiger partial charge in [-0.25, -0.2) is 4.39 Å². The van der Waals surface area contributed by atoms with Crippen LogP contribution in [-0.4, -0.2) is 16.8 Å². The fraction of sp³-hybridized carbons (Fsp3) is 0.154. The highest BCUT2D eigenvalue weighted by Crippen LogP contribution is 2.42. The Morgan fingerprint density at radius 3 is 2.32 bits per heavy atom. The Bertz CT molecular complexity index is 1240. The molecule has 5 heteroatoms. The zero-order valence-corrected chi connectivity index (χ0v) is 17.5. The zero-order valence-electron chi connectivity index (χ0n) is 17.5. The van der Waals surface area contributed by atoms with Crippen LogP contribution in [0.5, 0.6) is 0 Å². The average molecular weight is 415 g/mol. The summed E-state index contributed by atoms with van der Waals surface area (Å²) in [6.07, 6.45) is 0. The molecule has 0 spiro atoms. The molecule has 1 N–H and O–H groups in total. The number of aliphatic hydroxyl groups is 1. The number of anilines is 1. The molecule has 0 radical (unpaired) electrons. The molecule has 3 aromatic rings. The molecule has 3 aromatic carbocycles. The van der Waals surface area contributed by atoms with E-state index in [4.69, 9.17) is 0 Å². The summed E-state index contributed by atoms with van der Waals surface area (Å²) in [6.45, 7) is 5.77. The van der Waals surface area contributed by atoms with Gasteiger partial charge in [0.2, 0.25) is 0 Å². The molecule has 0 saturated carbocycles. The molecule has 0 bridgehead atoms. The predicted molar refractivity (Wildman–Crippen MR) is 118 cm³/mol. The molecule has 156 valence electrons. The highest BCUT2D eigenvalue weighted by Gasteiger charge is 2.47. The van der Waals surface area contributed by atoms with Crippen LogP contribution in [0.1, 0.15) is 33.9 Å². The molecule has 1 amide bonds. The lowest BCUT2D eigenvalue weighted by Crippen LogP contribution is -2.29. The second-order valence-corrected chi connectivity index (χ2v) is 7.86. The van der Waals surface area contributed by atoms with Gasteiger partial charge in [0.15, 0.2) is 0 Å². The van der Waals surface area contributed by atoms with Gasteiger partial charge in [0, 0.05) is 11.3 Å². The molecule has 1 heterocycles. The summed E-state index contributed by atoms with van der Waals surface area (Å²) in [5, 5.41) is 11.1. The van der Waals surface area contributed by atoms with E-state index in [0.29, 0.717) is 11.1 Å². The summed E-state index contributed by atoms with van der Waals surface area (Å²) < 4.78 is 14.0. The third-order valence-electron chi connectivity index (χ3n) is 5.67. The van der Waals surface area contributed by atoms with Crippen molar-refractivity contribution < 1.29 is 19.1 Å². The largest absolute Gasteiger partial charge is 0.507 e. The second-order valence-electron chi connectivity index (χ2n) is 7.86. The molecular weight excluding hydrogens is 393 g/mol. The van der Waals surface area contributed by atoms with Crippen LogP contribution < -0.4 is 4.90 Å². The summed E-state index contributed by atoms with van der Waals surface area (Å²) in [5.41, 5.74) is 4.30. The van der Waals surface area contributed by atoms with Crippen molar-refractivity contribution >= 4 is 23.1 Å². The molecule has 0 aliphatic carbocycles. The summed E-state index contributed by atoms with van der Waals surface area (Å²) in [4.78, 5) is 27.4. The number of nitrogens with zero attached hydrogens (tertiary/aromatic N) is 1. The van der Waals surface area contributed by atoms with Gasteiger partial charge < -0.3 is 5.11 Å². The van der Waals surface area contributed by atoms with E-state index in [1.165, 1.54) is 23.1 Å². The van der Waals surface area contributed by atoms with Crippen LogP contribution in [-0.2, 0) is 9.59 Å². The number of ketones is 1. The fourth-order valence-electron chi connectivity index (χ4n) is 3.92. The van der Waals surface area contributed by atoms with Crippen molar-refractivity contribution in [2.75, 3.05) is 4.90 Å². The minimum absolute atomic E-state index is 0.0110. The minimum Gasteiger partial charge on any atom is -0.507 e. The first-order valence-electron chi connectivity index (χ1n) is 9.98. The fourth-order valence-corrected chi connectivity index (χ4v) is 3.92. The number of rotatable bonds is 3. The summed E-state index contributed by atoms with van der Waals surface area (Å²) >= 11 is 0. The molecule has 0 aromatic heterocycles. The topological polar surface area (TPSA) is 57.6 Å². The van der Waals surface area contributed by atoms with Crippen molar-refractivity contribution in [2.45, 2.75) is 26.8 Å². The quantitative estimate of drug-likeness (QED) is 0.355. The van der Waals surface area contributed by atoms with E-state index in [0.717, 1.165) is 16.7 Å². The number of hydrogen-bond acceptors (Lipinski definition) is 3. The van der Waals surface area contributed by atoms with Crippen LogP contribution in [0.2, 0.25) is 0 Å². The van der Waals surface area contributed by atoms with E-state index in [1.54, 1.807) is 24.3 Å². The van der Waals surface area contributed by atoms with Crippen LogP contribution in [0, 0.1) is 26.6 Å². The first-order valence-corrected chi connectivity index (χ1v) is 9.98. The van der Waals surface area contributed by atoms with Gasteiger partial charge in [0.05, 0.1) is 11.6 Å². The second kappa shape index (κ2) is 7.84. The monoisotopic (exact) mass is 415 g/mol. The number of aryl methyl sites for hydroxylation is 3. The van der Waals surface area contributed by atoms with Crippen molar-refractivity contribution in [1.82, 2.24) is 0 Å². The first kappa shape index (κ1) is 20.5. The third kappa shape index (κ3) is 3.63. The van der Waals surface area contributed by atoms with Gasteiger partial charge in [-0.1, -0.05) is 48.0 Å². The number of hydrogen-bond donors (Lipinski definition) is 1. The number of carbonyl (C=O) groups is 2. The Balaban J connectivity index is 1.97. The number of benzene rings is 3. The van der Waals surface area contributed by atoms with Crippen LogP contribution in [0.4, 0.5) is 10.1 Å². The number of carbonyl (C=O) groups excluding carboxylic acids is 2. The highest BCUT2D eigenvalue weighted by molar-refractivity contribution is 6.51. The summed E-state index contributed by atoms with van der Waals surface area (Å²) in [7, 11) is 0. The third-order valence-corrected chi connectivity index (χ3v) is 5.67. The normalized spacial score (nSPS) is 17.9. The Kier molecular flexibility index (Phi) is 5.19. The van der Waals surface area contributed by atoms with Crippen molar-refractivity contribution in [3.05, 3.63) is 106 Å². The maximum Gasteiger partial charge on any atom is 0.300 e. The number of halogens is 1.